The van der Waals surface area contributed by atoms with Crippen molar-refractivity contribution in [1.29, 1.82) is 0 Å². The molecule has 7 heteroatoms. The number of hydrogen-bond donors (Lipinski definition) is 3. The van der Waals surface area contributed by atoms with Gasteiger partial charge in [0.05, 0.1) is 6.33 Å². The Morgan fingerprint density at radius 1 is 1.06 bits per heavy atom. The number of amides is 1. The van der Waals surface area contributed by atoms with Crippen molar-refractivity contribution in [2.24, 2.45) is 11.3 Å². The van der Waals surface area contributed by atoms with Crippen LogP contribution in [0.1, 0.15) is 38.4 Å². The number of carbonyl (C=O) groups is 3. The number of carboxylic acids is 1. The summed E-state index contributed by atoms with van der Waals surface area (Å²) in [5.41, 5.74) is 0.957. The van der Waals surface area contributed by atoms with E-state index in [-0.39, 0.29) is 18.6 Å². The number of H-pyrrole nitrogens is 1. The van der Waals surface area contributed by atoms with Crippen LogP contribution in [0.4, 0.5) is 0 Å². The number of carbonyl (C=O) groups excluding carboxylic acids is 2. The van der Waals surface area contributed by atoms with Gasteiger partial charge in [-0.05, 0) is 22.8 Å². The third-order valence-corrected chi connectivity index (χ3v) is 5.58. The number of carboxylic acid groups (broad SMARTS) is 1. The molecule has 32 heavy (non-hydrogen) atoms. The molecule has 0 aliphatic rings. The molecule has 0 unspecified atom stereocenters. The molecule has 168 valence electrons. The Morgan fingerprint density at radius 3 is 2.44 bits per heavy atom. The minimum absolute atomic E-state index is 0.0367. The van der Waals surface area contributed by atoms with Crippen LogP contribution in [0.2, 0.25) is 0 Å². The number of Topliss-reactive ketones (excluding diaryl/α,β-unsaturated/α-hetero) is 1. The Balaban J connectivity index is 1.86. The number of ketones is 1. The maximum Gasteiger partial charge on any atom is 0.326 e. The first-order chi connectivity index (χ1) is 15.1. The van der Waals surface area contributed by atoms with E-state index in [1.165, 1.54) is 12.5 Å². The van der Waals surface area contributed by atoms with E-state index in [2.05, 4.69) is 15.3 Å². The van der Waals surface area contributed by atoms with Gasteiger partial charge in [0.15, 0.2) is 0 Å². The summed E-state index contributed by atoms with van der Waals surface area (Å²) in [5, 5.41) is 14.3. The SMILES string of the molecule is CC(C)(C)C(=O)C[C@@H](Cc1cccc2ccccc12)C(=O)N[C@@H](Cc1cnc[nH]1)C(=O)O. The minimum Gasteiger partial charge on any atom is -0.480 e. The molecular formula is C25H29N3O4. The predicted octanol–water partition coefficient (Wildman–Crippen LogP) is 3.54. The summed E-state index contributed by atoms with van der Waals surface area (Å²) in [6, 6.07) is 12.6. The van der Waals surface area contributed by atoms with Crippen LogP contribution in [0.5, 0.6) is 0 Å². The number of imidazole rings is 1. The van der Waals surface area contributed by atoms with Gasteiger partial charge in [0.25, 0.3) is 0 Å². The fourth-order valence-corrected chi connectivity index (χ4v) is 3.63. The second-order valence-corrected chi connectivity index (χ2v) is 9.10. The van der Waals surface area contributed by atoms with E-state index in [0.29, 0.717) is 12.1 Å². The number of aliphatic carboxylic acids is 1. The molecule has 1 amide bonds. The smallest absolute Gasteiger partial charge is 0.326 e. The molecule has 0 aliphatic carbocycles. The van der Waals surface area contributed by atoms with Crippen molar-refractivity contribution in [3.05, 3.63) is 66.2 Å². The molecule has 0 spiro atoms. The van der Waals surface area contributed by atoms with Gasteiger partial charge in [-0.15, -0.1) is 0 Å². The predicted molar refractivity (Wildman–Crippen MR) is 122 cm³/mol. The van der Waals surface area contributed by atoms with Gasteiger partial charge in [0, 0.05) is 36.1 Å². The van der Waals surface area contributed by atoms with Crippen molar-refractivity contribution in [3.63, 3.8) is 0 Å². The lowest BCUT2D eigenvalue weighted by Crippen LogP contribution is -2.46. The summed E-state index contributed by atoms with van der Waals surface area (Å²) in [5.74, 6) is -2.31. The van der Waals surface area contributed by atoms with E-state index in [1.54, 1.807) is 0 Å². The van der Waals surface area contributed by atoms with Crippen molar-refractivity contribution < 1.29 is 19.5 Å². The van der Waals surface area contributed by atoms with Crippen LogP contribution in [-0.2, 0) is 27.2 Å². The first kappa shape index (κ1) is 23.2. The maximum atomic E-state index is 13.2. The molecule has 1 aromatic heterocycles. The van der Waals surface area contributed by atoms with Gasteiger partial charge in [-0.2, -0.15) is 0 Å². The van der Waals surface area contributed by atoms with Crippen molar-refractivity contribution >= 4 is 28.4 Å². The van der Waals surface area contributed by atoms with E-state index in [0.717, 1.165) is 16.3 Å². The minimum atomic E-state index is -1.14. The van der Waals surface area contributed by atoms with Crippen molar-refractivity contribution in [2.75, 3.05) is 0 Å². The Morgan fingerprint density at radius 2 is 1.78 bits per heavy atom. The van der Waals surface area contributed by atoms with Gasteiger partial charge in [-0.25, -0.2) is 9.78 Å². The molecule has 0 saturated carbocycles. The lowest BCUT2D eigenvalue weighted by molar-refractivity contribution is -0.142. The average molecular weight is 436 g/mol. The maximum absolute atomic E-state index is 13.2. The molecule has 7 nitrogen and oxygen atoms in total. The quantitative estimate of drug-likeness (QED) is 0.476. The summed E-state index contributed by atoms with van der Waals surface area (Å²) >= 11 is 0. The molecule has 3 N–H and O–H groups in total. The third-order valence-electron chi connectivity index (χ3n) is 5.58. The highest BCUT2D eigenvalue weighted by molar-refractivity contribution is 5.92. The first-order valence-electron chi connectivity index (χ1n) is 10.7. The largest absolute Gasteiger partial charge is 0.480 e. The second-order valence-electron chi connectivity index (χ2n) is 9.10. The molecule has 0 saturated heterocycles. The Kier molecular flexibility index (Phi) is 7.08. The van der Waals surface area contributed by atoms with Crippen molar-refractivity contribution in [1.82, 2.24) is 15.3 Å². The van der Waals surface area contributed by atoms with Gasteiger partial charge < -0.3 is 15.4 Å². The summed E-state index contributed by atoms with van der Waals surface area (Å²) in [7, 11) is 0. The number of aromatic nitrogens is 2. The Labute approximate surface area is 187 Å². The molecule has 2 aromatic carbocycles. The fraction of sp³-hybridized carbons (Fsp3) is 0.360. The molecule has 1 heterocycles. The zero-order valence-electron chi connectivity index (χ0n) is 18.6. The van der Waals surface area contributed by atoms with E-state index in [4.69, 9.17) is 0 Å². The second kappa shape index (κ2) is 9.77. The number of benzene rings is 2. The number of fused-ring (bicyclic) bond motifs is 1. The number of hydrogen-bond acceptors (Lipinski definition) is 4. The molecular weight excluding hydrogens is 406 g/mol. The lowest BCUT2D eigenvalue weighted by atomic mass is 9.82. The summed E-state index contributed by atoms with van der Waals surface area (Å²) in [4.78, 5) is 44.6. The number of nitrogens with zero attached hydrogens (tertiary/aromatic N) is 1. The molecule has 3 rings (SSSR count). The van der Waals surface area contributed by atoms with Crippen LogP contribution >= 0.6 is 0 Å². The summed E-state index contributed by atoms with van der Waals surface area (Å²) < 4.78 is 0. The normalized spacial score (nSPS) is 13.5. The molecule has 2 atom stereocenters. The molecule has 0 radical (unpaired) electrons. The highest BCUT2D eigenvalue weighted by atomic mass is 16.4. The average Bonchev–Trinajstić information content (AvgIpc) is 3.25. The van der Waals surface area contributed by atoms with Gasteiger partial charge in [-0.1, -0.05) is 63.2 Å². The summed E-state index contributed by atoms with van der Waals surface area (Å²) in [6.45, 7) is 5.46. The standard InChI is InChI=1S/C25H29N3O4/c1-25(2,3)22(29)12-18(11-17-9-6-8-16-7-4-5-10-20(16)17)23(30)28-21(24(31)32)13-19-14-26-15-27-19/h4-10,14-15,18,21H,11-13H2,1-3H3,(H,26,27)(H,28,30)(H,31,32)/t18-,21+/m1/s1. The monoisotopic (exact) mass is 435 g/mol. The van der Waals surface area contributed by atoms with Gasteiger partial charge in [-0.3, -0.25) is 9.59 Å². The molecule has 0 fully saturated rings. The van der Waals surface area contributed by atoms with Crippen molar-refractivity contribution in [3.8, 4) is 0 Å². The highest BCUT2D eigenvalue weighted by Gasteiger charge is 2.31. The summed E-state index contributed by atoms with van der Waals surface area (Å²) in [6.07, 6.45) is 3.44. The Hall–Kier alpha value is -3.48. The van der Waals surface area contributed by atoms with Gasteiger partial charge in [0.2, 0.25) is 5.91 Å². The topological polar surface area (TPSA) is 112 Å². The number of aromatic amines is 1. The van der Waals surface area contributed by atoms with Crippen LogP contribution < -0.4 is 5.32 Å². The molecule has 0 aliphatic heterocycles. The van der Waals surface area contributed by atoms with Crippen molar-refractivity contribution in [2.45, 2.75) is 46.1 Å². The highest BCUT2D eigenvalue weighted by Crippen LogP contribution is 2.26. The van der Waals surface area contributed by atoms with Crippen LogP contribution in [0, 0.1) is 11.3 Å². The lowest BCUT2D eigenvalue weighted by Gasteiger charge is -2.24. The van der Waals surface area contributed by atoms with E-state index < -0.39 is 29.3 Å². The van der Waals surface area contributed by atoms with E-state index in [1.807, 2.05) is 63.2 Å². The fourth-order valence-electron chi connectivity index (χ4n) is 3.63. The van der Waals surface area contributed by atoms with Gasteiger partial charge in [0.1, 0.15) is 11.8 Å². The molecule has 3 aromatic rings. The van der Waals surface area contributed by atoms with E-state index >= 15 is 0 Å². The van der Waals surface area contributed by atoms with Gasteiger partial charge >= 0.3 is 5.97 Å². The van der Waals surface area contributed by atoms with Crippen LogP contribution in [0.25, 0.3) is 10.8 Å². The first-order valence-corrected chi connectivity index (χ1v) is 10.7. The zero-order valence-corrected chi connectivity index (χ0v) is 18.6. The number of rotatable bonds is 9. The number of nitrogens with one attached hydrogen (secondary N) is 2. The third kappa shape index (κ3) is 5.81. The zero-order chi connectivity index (χ0) is 23.3. The van der Waals surface area contributed by atoms with Crippen LogP contribution in [0.3, 0.4) is 0 Å². The van der Waals surface area contributed by atoms with Crippen LogP contribution in [-0.4, -0.2) is 38.8 Å². The van der Waals surface area contributed by atoms with E-state index in [9.17, 15) is 19.5 Å². The van der Waals surface area contributed by atoms with Crippen LogP contribution in [0.15, 0.2) is 55.0 Å². The molecule has 0 bridgehead atoms. The Bertz CT molecular complexity index is 1090.